The number of hydrogen-bond acceptors (Lipinski definition) is 5. The number of rotatable bonds is 4. The maximum Gasteiger partial charge on any atom is 0.226 e. The van der Waals surface area contributed by atoms with Crippen molar-refractivity contribution in [3.8, 4) is 5.69 Å². The van der Waals surface area contributed by atoms with Crippen LogP contribution in [0.3, 0.4) is 0 Å². The lowest BCUT2D eigenvalue weighted by molar-refractivity contribution is 0.485. The molecule has 0 N–H and O–H groups in total. The second-order valence-corrected chi connectivity index (χ2v) is 6.61. The molecule has 118 valence electrons. The van der Waals surface area contributed by atoms with E-state index in [1.54, 1.807) is 11.8 Å². The number of nitrogens with zero attached hydrogens (tertiary/aromatic N) is 4. The average molecular weight is 326 g/mol. The fraction of sp³-hybridized carbons (Fsp3) is 0.353. The van der Waals surface area contributed by atoms with Crippen LogP contribution in [0.1, 0.15) is 36.0 Å². The van der Waals surface area contributed by atoms with Crippen LogP contribution in [0.4, 0.5) is 0 Å². The first kappa shape index (κ1) is 14.5. The summed E-state index contributed by atoms with van der Waals surface area (Å²) in [5, 5.41) is 8.97. The lowest BCUT2D eigenvalue weighted by Crippen LogP contribution is -2.07. The number of para-hydroxylation sites is 1. The normalized spacial score (nSPS) is 14.0. The average Bonchev–Trinajstić information content (AvgIpc) is 3.16. The summed E-state index contributed by atoms with van der Waals surface area (Å²) in [7, 11) is 0. The zero-order chi connectivity index (χ0) is 15.6. The van der Waals surface area contributed by atoms with E-state index in [9.17, 15) is 0 Å². The van der Waals surface area contributed by atoms with Crippen molar-refractivity contribution in [1.29, 1.82) is 0 Å². The van der Waals surface area contributed by atoms with Gasteiger partial charge in [-0.25, -0.2) is 4.98 Å². The van der Waals surface area contributed by atoms with Gasteiger partial charge in [-0.1, -0.05) is 30.0 Å². The molecule has 0 spiro atoms. The first-order valence-corrected chi connectivity index (χ1v) is 8.87. The Morgan fingerprint density at radius 1 is 1.13 bits per heavy atom. The van der Waals surface area contributed by atoms with Crippen LogP contribution in [-0.2, 0) is 18.6 Å². The molecule has 0 saturated carbocycles. The minimum absolute atomic E-state index is 0.603. The Morgan fingerprint density at radius 2 is 1.96 bits per heavy atom. The van der Waals surface area contributed by atoms with E-state index in [-0.39, 0.29) is 0 Å². The molecular weight excluding hydrogens is 308 g/mol. The Labute approximate surface area is 139 Å². The van der Waals surface area contributed by atoms with E-state index in [2.05, 4.69) is 39.0 Å². The van der Waals surface area contributed by atoms with Crippen LogP contribution in [0, 0.1) is 6.92 Å². The number of aromatic nitrogens is 4. The third-order valence-electron chi connectivity index (χ3n) is 4.01. The van der Waals surface area contributed by atoms with Gasteiger partial charge in [-0.2, -0.15) is 0 Å². The van der Waals surface area contributed by atoms with Crippen molar-refractivity contribution in [2.75, 3.05) is 0 Å². The van der Waals surface area contributed by atoms with Gasteiger partial charge in [0.25, 0.3) is 0 Å². The van der Waals surface area contributed by atoms with E-state index in [4.69, 9.17) is 9.40 Å². The van der Waals surface area contributed by atoms with E-state index in [0.29, 0.717) is 17.5 Å². The van der Waals surface area contributed by atoms with Crippen molar-refractivity contribution < 1.29 is 4.42 Å². The molecule has 4 rings (SSSR count). The summed E-state index contributed by atoms with van der Waals surface area (Å²) in [4.78, 5) is 4.89. The van der Waals surface area contributed by atoms with E-state index in [1.165, 1.54) is 29.9 Å². The molecule has 0 amide bonds. The van der Waals surface area contributed by atoms with Gasteiger partial charge in [0.2, 0.25) is 11.8 Å². The van der Waals surface area contributed by atoms with E-state index >= 15 is 0 Å². The molecule has 3 aromatic rings. The van der Waals surface area contributed by atoms with Crippen molar-refractivity contribution in [3.63, 3.8) is 0 Å². The number of fused-ring (bicyclic) bond motifs is 1. The van der Waals surface area contributed by atoms with Gasteiger partial charge in [0.15, 0.2) is 5.16 Å². The molecule has 1 aromatic carbocycles. The zero-order valence-electron chi connectivity index (χ0n) is 13.0. The van der Waals surface area contributed by atoms with Crippen LogP contribution >= 0.6 is 11.8 Å². The van der Waals surface area contributed by atoms with Crippen molar-refractivity contribution in [3.05, 3.63) is 53.5 Å². The zero-order valence-corrected chi connectivity index (χ0v) is 13.8. The Hall–Kier alpha value is -2.08. The topological polar surface area (TPSA) is 56.7 Å². The first-order chi connectivity index (χ1) is 11.3. The van der Waals surface area contributed by atoms with Gasteiger partial charge in [-0.05, 0) is 37.8 Å². The minimum Gasteiger partial charge on any atom is -0.425 e. The summed E-state index contributed by atoms with van der Waals surface area (Å²) >= 11 is 1.66. The Morgan fingerprint density at radius 3 is 2.74 bits per heavy atom. The summed E-state index contributed by atoms with van der Waals surface area (Å²) in [5.74, 6) is 1.89. The molecule has 0 bridgehead atoms. The highest BCUT2D eigenvalue weighted by Crippen LogP contribution is 2.31. The highest BCUT2D eigenvalue weighted by atomic mass is 32.2. The summed E-state index contributed by atoms with van der Waals surface area (Å²) in [6, 6.07) is 10.5. The maximum absolute atomic E-state index is 5.47. The van der Waals surface area contributed by atoms with Gasteiger partial charge in [-0.15, -0.1) is 10.2 Å². The monoisotopic (exact) mass is 326 g/mol. The molecule has 0 saturated heterocycles. The van der Waals surface area contributed by atoms with E-state index < -0.39 is 0 Å². The summed E-state index contributed by atoms with van der Waals surface area (Å²) in [6.07, 6.45) is 4.63. The van der Waals surface area contributed by atoms with Gasteiger partial charge in [0.05, 0.1) is 11.4 Å². The fourth-order valence-corrected chi connectivity index (χ4v) is 3.87. The number of aryl methyl sites for hydroxylation is 2. The number of benzene rings is 1. The Bertz CT molecular complexity index is 809. The molecule has 0 aliphatic heterocycles. The summed E-state index contributed by atoms with van der Waals surface area (Å²) in [6.45, 7) is 1.81. The van der Waals surface area contributed by atoms with Gasteiger partial charge in [0.1, 0.15) is 0 Å². The van der Waals surface area contributed by atoms with Crippen molar-refractivity contribution in [1.82, 2.24) is 19.7 Å². The van der Waals surface area contributed by atoms with Crippen LogP contribution in [-0.4, -0.2) is 19.7 Å². The molecule has 1 aliphatic carbocycles. The minimum atomic E-state index is 0.603. The molecule has 6 heteroatoms. The predicted molar refractivity (Wildman–Crippen MR) is 88.8 cm³/mol. The molecule has 0 radical (unpaired) electrons. The molecule has 0 fully saturated rings. The van der Waals surface area contributed by atoms with E-state index in [1.807, 2.05) is 13.0 Å². The third-order valence-corrected chi connectivity index (χ3v) is 4.93. The van der Waals surface area contributed by atoms with Crippen LogP contribution in [0.2, 0.25) is 0 Å². The number of hydrogen-bond donors (Lipinski definition) is 0. The molecule has 1 aliphatic rings. The van der Waals surface area contributed by atoms with Gasteiger partial charge in [-0.3, -0.25) is 4.57 Å². The van der Waals surface area contributed by atoms with Crippen LogP contribution < -0.4 is 0 Å². The third kappa shape index (κ3) is 2.91. The van der Waals surface area contributed by atoms with Crippen LogP contribution in [0.5, 0.6) is 0 Å². The quantitative estimate of drug-likeness (QED) is 0.684. The second kappa shape index (κ2) is 6.20. The lowest BCUT2D eigenvalue weighted by Gasteiger charge is -2.15. The van der Waals surface area contributed by atoms with E-state index in [0.717, 1.165) is 18.0 Å². The lowest BCUT2D eigenvalue weighted by atomic mass is 10.0. The van der Waals surface area contributed by atoms with Crippen molar-refractivity contribution in [2.45, 2.75) is 43.5 Å². The summed E-state index contributed by atoms with van der Waals surface area (Å²) < 4.78 is 7.77. The maximum atomic E-state index is 5.47. The number of thioether (sulfide) groups is 1. The molecule has 5 nitrogen and oxygen atoms in total. The second-order valence-electron chi connectivity index (χ2n) is 5.67. The predicted octanol–water partition coefficient (Wildman–Crippen LogP) is 3.73. The first-order valence-electron chi connectivity index (χ1n) is 7.89. The molecule has 0 unspecified atom stereocenters. The van der Waals surface area contributed by atoms with Gasteiger partial charge < -0.3 is 4.42 Å². The Balaban J connectivity index is 1.69. The van der Waals surface area contributed by atoms with Crippen molar-refractivity contribution in [2.24, 2.45) is 0 Å². The highest BCUT2D eigenvalue weighted by molar-refractivity contribution is 7.98. The van der Waals surface area contributed by atoms with Gasteiger partial charge in [0, 0.05) is 18.3 Å². The van der Waals surface area contributed by atoms with Crippen LogP contribution in [0.15, 0.2) is 39.9 Å². The highest BCUT2D eigenvalue weighted by Gasteiger charge is 2.21. The molecular formula is C17H18N4OS. The fourth-order valence-electron chi connectivity index (χ4n) is 2.98. The Kier molecular flexibility index (Phi) is 3.91. The summed E-state index contributed by atoms with van der Waals surface area (Å²) in [5.41, 5.74) is 3.77. The number of imidazole rings is 1. The molecule has 2 heterocycles. The SMILES string of the molecule is Cc1nnc(CSc2nc3c(n2-c2ccccc2)CCCC3)o1. The molecule has 2 aromatic heterocycles. The molecule has 23 heavy (non-hydrogen) atoms. The van der Waals surface area contributed by atoms with Crippen LogP contribution in [0.25, 0.3) is 5.69 Å². The molecule has 0 atom stereocenters. The van der Waals surface area contributed by atoms with Gasteiger partial charge >= 0.3 is 0 Å². The largest absolute Gasteiger partial charge is 0.425 e. The van der Waals surface area contributed by atoms with Crippen molar-refractivity contribution >= 4 is 11.8 Å². The standard InChI is InChI=1S/C17H18N4OS/c1-12-19-20-16(22-12)11-23-17-18-14-9-5-6-10-15(14)21(17)13-7-3-2-4-8-13/h2-4,7-8H,5-6,9-11H2,1H3. The smallest absolute Gasteiger partial charge is 0.226 e.